The molecule has 6 nitrogen and oxygen atoms in total. The number of benzene rings is 2. The third-order valence-electron chi connectivity index (χ3n) is 6.94. The number of hydrogen-bond donors (Lipinski definition) is 1. The van der Waals surface area contributed by atoms with Crippen LogP contribution in [0.5, 0.6) is 0 Å². The SMILES string of the molecule is CCCCc1ncc(CN(Cc2scc3ccccc23)C(=O)CCC(C)C)n1Cc1ccc(C(=O)O)c(Br)c1. The molecule has 1 N–H and O–H groups in total. The van der Waals surface area contributed by atoms with Crippen LogP contribution in [-0.2, 0) is 30.8 Å². The van der Waals surface area contributed by atoms with Gasteiger partial charge >= 0.3 is 5.97 Å². The molecule has 0 aliphatic heterocycles. The smallest absolute Gasteiger partial charge is 0.336 e. The maximum Gasteiger partial charge on any atom is 0.336 e. The van der Waals surface area contributed by atoms with Crippen LogP contribution in [0.15, 0.2) is 58.5 Å². The van der Waals surface area contributed by atoms with Gasteiger partial charge in [0, 0.05) is 28.7 Å². The number of carboxylic acid groups (broad SMARTS) is 1. The minimum Gasteiger partial charge on any atom is -0.478 e. The van der Waals surface area contributed by atoms with Crippen LogP contribution in [-0.4, -0.2) is 31.4 Å². The van der Waals surface area contributed by atoms with Gasteiger partial charge in [-0.2, -0.15) is 0 Å². The number of aromatic carboxylic acids is 1. The van der Waals surface area contributed by atoms with E-state index in [0.717, 1.165) is 42.8 Å². The summed E-state index contributed by atoms with van der Waals surface area (Å²) in [5.41, 5.74) is 2.20. The number of nitrogens with zero attached hydrogens (tertiary/aromatic N) is 3. The van der Waals surface area contributed by atoms with Gasteiger partial charge in [0.15, 0.2) is 0 Å². The van der Waals surface area contributed by atoms with E-state index >= 15 is 0 Å². The summed E-state index contributed by atoms with van der Waals surface area (Å²) < 4.78 is 2.76. The molecule has 4 rings (SSSR count). The second kappa shape index (κ2) is 13.4. The van der Waals surface area contributed by atoms with E-state index in [1.54, 1.807) is 17.4 Å². The van der Waals surface area contributed by atoms with E-state index in [-0.39, 0.29) is 11.5 Å². The van der Waals surface area contributed by atoms with Gasteiger partial charge in [-0.05, 0) is 68.5 Å². The molecule has 0 aliphatic carbocycles. The lowest BCUT2D eigenvalue weighted by atomic mass is 10.1. The molecule has 206 valence electrons. The molecule has 0 bridgehead atoms. The topological polar surface area (TPSA) is 75.4 Å². The molecule has 8 heteroatoms. The Morgan fingerprint density at radius 3 is 2.67 bits per heavy atom. The van der Waals surface area contributed by atoms with Crippen LogP contribution in [0.4, 0.5) is 0 Å². The molecule has 4 aromatic rings. The Hall–Kier alpha value is -2.97. The predicted molar refractivity (Wildman–Crippen MR) is 161 cm³/mol. The molecular weight excluding hydrogens is 574 g/mol. The number of aryl methyl sites for hydroxylation is 1. The summed E-state index contributed by atoms with van der Waals surface area (Å²) in [6.45, 7) is 8.04. The third kappa shape index (κ3) is 7.37. The molecule has 39 heavy (non-hydrogen) atoms. The van der Waals surface area contributed by atoms with E-state index in [4.69, 9.17) is 4.98 Å². The van der Waals surface area contributed by atoms with Crippen molar-refractivity contribution in [2.45, 2.75) is 72.5 Å². The van der Waals surface area contributed by atoms with Crippen molar-refractivity contribution in [1.82, 2.24) is 14.5 Å². The third-order valence-corrected chi connectivity index (χ3v) is 8.61. The van der Waals surface area contributed by atoms with Crippen molar-refractivity contribution in [1.29, 1.82) is 0 Å². The van der Waals surface area contributed by atoms with Crippen LogP contribution in [0.1, 0.15) is 78.8 Å². The first-order valence-electron chi connectivity index (χ1n) is 13.5. The van der Waals surface area contributed by atoms with E-state index in [1.165, 1.54) is 15.6 Å². The number of carboxylic acids is 1. The molecule has 0 unspecified atom stereocenters. The minimum absolute atomic E-state index is 0.151. The quantitative estimate of drug-likeness (QED) is 0.167. The summed E-state index contributed by atoms with van der Waals surface area (Å²) in [6.07, 6.45) is 6.21. The lowest BCUT2D eigenvalue weighted by Gasteiger charge is -2.24. The molecule has 0 saturated heterocycles. The lowest BCUT2D eigenvalue weighted by molar-refractivity contribution is -0.132. The number of carbonyl (C=O) groups is 2. The Morgan fingerprint density at radius 2 is 1.95 bits per heavy atom. The first kappa shape index (κ1) is 29.0. The van der Waals surface area contributed by atoms with Crippen molar-refractivity contribution in [3.63, 3.8) is 0 Å². The molecule has 2 aromatic carbocycles. The average Bonchev–Trinajstić information content (AvgIpc) is 3.49. The number of rotatable bonds is 13. The molecule has 2 aromatic heterocycles. The zero-order valence-electron chi connectivity index (χ0n) is 22.8. The zero-order chi connectivity index (χ0) is 27.9. The highest BCUT2D eigenvalue weighted by Crippen LogP contribution is 2.28. The molecular formula is C31H36BrN3O3S. The van der Waals surface area contributed by atoms with Gasteiger partial charge in [0.25, 0.3) is 0 Å². The van der Waals surface area contributed by atoms with Crippen molar-refractivity contribution in [3.05, 3.63) is 86.0 Å². The number of hydrogen-bond acceptors (Lipinski definition) is 4. The first-order valence-corrected chi connectivity index (χ1v) is 15.2. The Kier molecular flexibility index (Phi) is 9.97. The van der Waals surface area contributed by atoms with Crippen LogP contribution in [0.2, 0.25) is 0 Å². The number of unbranched alkanes of at least 4 members (excludes halogenated alkanes) is 1. The molecule has 0 saturated carbocycles. The number of imidazole rings is 1. The van der Waals surface area contributed by atoms with Crippen molar-refractivity contribution in [2.24, 2.45) is 5.92 Å². The number of fused-ring (bicyclic) bond motifs is 1. The fourth-order valence-electron chi connectivity index (χ4n) is 4.67. The maximum atomic E-state index is 13.5. The number of aromatic nitrogens is 2. The predicted octanol–water partition coefficient (Wildman–Crippen LogP) is 7.91. The monoisotopic (exact) mass is 609 g/mol. The van der Waals surface area contributed by atoms with Crippen molar-refractivity contribution in [2.75, 3.05) is 0 Å². The van der Waals surface area contributed by atoms with E-state index in [2.05, 4.69) is 58.8 Å². The number of carbonyl (C=O) groups excluding carboxylic acids is 1. The molecule has 1 amide bonds. The minimum atomic E-state index is -0.961. The molecule has 0 fully saturated rings. The normalized spacial score (nSPS) is 11.4. The fourth-order valence-corrected chi connectivity index (χ4v) is 6.28. The molecule has 0 radical (unpaired) electrons. The van der Waals surface area contributed by atoms with Crippen molar-refractivity contribution >= 4 is 49.9 Å². The van der Waals surface area contributed by atoms with Gasteiger partial charge in [0.2, 0.25) is 5.91 Å². The van der Waals surface area contributed by atoms with Crippen LogP contribution < -0.4 is 0 Å². The van der Waals surface area contributed by atoms with Crippen molar-refractivity contribution < 1.29 is 14.7 Å². The fraction of sp³-hybridized carbons (Fsp3) is 0.387. The summed E-state index contributed by atoms with van der Waals surface area (Å²) in [7, 11) is 0. The summed E-state index contributed by atoms with van der Waals surface area (Å²) in [4.78, 5) is 33.0. The van der Waals surface area contributed by atoms with Crippen LogP contribution in [0.3, 0.4) is 0 Å². The van der Waals surface area contributed by atoms with Gasteiger partial charge < -0.3 is 14.6 Å². The largest absolute Gasteiger partial charge is 0.478 e. The maximum absolute atomic E-state index is 13.5. The summed E-state index contributed by atoms with van der Waals surface area (Å²) >= 11 is 5.12. The second-order valence-corrected chi connectivity index (χ2v) is 12.2. The highest BCUT2D eigenvalue weighted by molar-refractivity contribution is 9.10. The lowest BCUT2D eigenvalue weighted by Crippen LogP contribution is -2.31. The van der Waals surface area contributed by atoms with Gasteiger partial charge in [-0.25, -0.2) is 9.78 Å². The summed E-state index contributed by atoms with van der Waals surface area (Å²) in [6, 6.07) is 13.7. The van der Waals surface area contributed by atoms with Crippen LogP contribution in [0.25, 0.3) is 10.8 Å². The van der Waals surface area contributed by atoms with E-state index in [0.29, 0.717) is 36.4 Å². The van der Waals surface area contributed by atoms with Crippen LogP contribution >= 0.6 is 27.3 Å². The van der Waals surface area contributed by atoms with Crippen LogP contribution in [0, 0.1) is 5.92 Å². The molecule has 2 heterocycles. The molecule has 0 spiro atoms. The van der Waals surface area contributed by atoms with Crippen molar-refractivity contribution in [3.8, 4) is 0 Å². The average molecular weight is 611 g/mol. The summed E-state index contributed by atoms with van der Waals surface area (Å²) in [5.74, 6) is 0.632. The number of amides is 1. The second-order valence-electron chi connectivity index (χ2n) is 10.4. The van der Waals surface area contributed by atoms with Gasteiger partial charge in [-0.1, -0.05) is 57.5 Å². The molecule has 0 atom stereocenters. The number of halogens is 1. The van der Waals surface area contributed by atoms with Gasteiger partial charge in [0.05, 0.1) is 30.5 Å². The van der Waals surface area contributed by atoms with Gasteiger partial charge in [-0.3, -0.25) is 4.79 Å². The van der Waals surface area contributed by atoms with Gasteiger partial charge in [0.1, 0.15) is 5.82 Å². The Balaban J connectivity index is 1.66. The van der Waals surface area contributed by atoms with E-state index in [9.17, 15) is 14.7 Å². The van der Waals surface area contributed by atoms with Gasteiger partial charge in [-0.15, -0.1) is 11.3 Å². The Morgan fingerprint density at radius 1 is 1.15 bits per heavy atom. The Bertz CT molecular complexity index is 1440. The molecule has 0 aliphatic rings. The highest BCUT2D eigenvalue weighted by atomic mass is 79.9. The highest BCUT2D eigenvalue weighted by Gasteiger charge is 2.21. The summed E-state index contributed by atoms with van der Waals surface area (Å²) in [5, 5.41) is 14.0. The Labute approximate surface area is 242 Å². The first-order chi connectivity index (χ1) is 18.8. The van der Waals surface area contributed by atoms with E-state index < -0.39 is 5.97 Å². The zero-order valence-corrected chi connectivity index (χ0v) is 25.2. The number of thiophene rings is 1. The standard InChI is InChI=1S/C31H36BrN3O3S/c1-4-5-10-29-33-16-24(35(29)17-22-12-13-26(31(37)38)27(32)15-22)18-34(30(36)14-11-21(2)3)19-28-25-9-7-6-8-23(25)20-39-28/h6-9,12-13,15-16,20-21H,4-5,10-11,14,17-19H2,1-3H3,(H,37,38). The van der Waals surface area contributed by atoms with E-state index in [1.807, 2.05) is 35.4 Å².